The van der Waals surface area contributed by atoms with Crippen LogP contribution in [0.5, 0.6) is 0 Å². The number of rotatable bonds is 4. The van der Waals surface area contributed by atoms with Crippen LogP contribution in [-0.4, -0.2) is 35.2 Å². The summed E-state index contributed by atoms with van der Waals surface area (Å²) in [5.41, 5.74) is 0.901. The summed E-state index contributed by atoms with van der Waals surface area (Å²) >= 11 is 4.89. The molecule has 126 valence electrons. The highest BCUT2D eigenvalue weighted by molar-refractivity contribution is 9.10. The maximum Gasteiger partial charge on any atom is 0.410 e. The second-order valence-electron chi connectivity index (χ2n) is 5.66. The molecule has 2 heterocycles. The standard InChI is InChI=1S/C17H16BrNO4S/c18-12-6-15(24-10-12)13-7-19(8-14(13)16(20)21)17(22)23-9-11-4-2-1-3-5-11/h1-6,10,13-14H,7-9H2,(H,20,21). The zero-order valence-electron chi connectivity index (χ0n) is 12.7. The molecule has 0 aliphatic carbocycles. The third-order valence-electron chi connectivity index (χ3n) is 4.05. The van der Waals surface area contributed by atoms with Crippen molar-refractivity contribution in [2.24, 2.45) is 5.92 Å². The van der Waals surface area contributed by atoms with Crippen LogP contribution in [-0.2, 0) is 16.1 Å². The number of aliphatic carboxylic acids is 1. The van der Waals surface area contributed by atoms with Gasteiger partial charge >= 0.3 is 12.1 Å². The van der Waals surface area contributed by atoms with Crippen molar-refractivity contribution < 1.29 is 19.4 Å². The van der Waals surface area contributed by atoms with E-state index in [0.717, 1.165) is 14.9 Å². The molecule has 1 N–H and O–H groups in total. The van der Waals surface area contributed by atoms with Crippen LogP contribution in [0.25, 0.3) is 0 Å². The van der Waals surface area contributed by atoms with Gasteiger partial charge in [-0.1, -0.05) is 30.3 Å². The molecule has 0 bridgehead atoms. The van der Waals surface area contributed by atoms with Crippen LogP contribution < -0.4 is 0 Å². The first-order chi connectivity index (χ1) is 11.5. The Balaban J connectivity index is 1.66. The largest absolute Gasteiger partial charge is 0.481 e. The van der Waals surface area contributed by atoms with Gasteiger partial charge in [-0.3, -0.25) is 4.79 Å². The lowest BCUT2D eigenvalue weighted by Crippen LogP contribution is -2.30. The highest BCUT2D eigenvalue weighted by Gasteiger charge is 2.41. The molecule has 0 spiro atoms. The maximum absolute atomic E-state index is 12.3. The average Bonchev–Trinajstić information content (AvgIpc) is 3.20. The Morgan fingerprint density at radius 2 is 2.04 bits per heavy atom. The third-order valence-corrected chi connectivity index (χ3v) is 5.88. The number of hydrogen-bond acceptors (Lipinski definition) is 4. The summed E-state index contributed by atoms with van der Waals surface area (Å²) in [6, 6.07) is 11.3. The normalized spacial score (nSPS) is 20.1. The smallest absolute Gasteiger partial charge is 0.410 e. The summed E-state index contributed by atoms with van der Waals surface area (Å²) in [7, 11) is 0. The minimum Gasteiger partial charge on any atom is -0.481 e. The van der Waals surface area contributed by atoms with Crippen LogP contribution in [0, 0.1) is 5.92 Å². The van der Waals surface area contributed by atoms with E-state index in [1.807, 2.05) is 41.8 Å². The van der Waals surface area contributed by atoms with Crippen LogP contribution in [0.15, 0.2) is 46.3 Å². The van der Waals surface area contributed by atoms with E-state index in [4.69, 9.17) is 4.74 Å². The maximum atomic E-state index is 12.3. The predicted octanol–water partition coefficient (Wildman–Crippen LogP) is 3.95. The number of amides is 1. The van der Waals surface area contributed by atoms with Gasteiger partial charge in [0.2, 0.25) is 0 Å². The zero-order chi connectivity index (χ0) is 17.1. The van der Waals surface area contributed by atoms with Gasteiger partial charge in [0.05, 0.1) is 5.92 Å². The number of carboxylic acid groups (broad SMARTS) is 1. The number of carbonyl (C=O) groups is 2. The minimum atomic E-state index is -0.886. The molecule has 1 amide bonds. The van der Waals surface area contributed by atoms with Gasteiger partial charge < -0.3 is 14.7 Å². The van der Waals surface area contributed by atoms with Gasteiger partial charge in [0.1, 0.15) is 6.61 Å². The molecule has 2 atom stereocenters. The SMILES string of the molecule is O=C(O)C1CN(C(=O)OCc2ccccc2)CC1c1cc(Br)cs1. The summed E-state index contributed by atoms with van der Waals surface area (Å²) in [6.07, 6.45) is -0.469. The van der Waals surface area contributed by atoms with E-state index < -0.39 is 18.0 Å². The molecule has 0 radical (unpaired) electrons. The molecular weight excluding hydrogens is 394 g/mol. The lowest BCUT2D eigenvalue weighted by Gasteiger charge is -2.16. The topological polar surface area (TPSA) is 66.8 Å². The van der Waals surface area contributed by atoms with Gasteiger partial charge in [0.25, 0.3) is 0 Å². The number of benzene rings is 1. The number of halogens is 1. The molecule has 2 aromatic rings. The summed E-state index contributed by atoms with van der Waals surface area (Å²) < 4.78 is 6.25. The van der Waals surface area contributed by atoms with Crippen molar-refractivity contribution in [2.75, 3.05) is 13.1 Å². The van der Waals surface area contributed by atoms with E-state index in [1.54, 1.807) is 0 Å². The Hall–Kier alpha value is -1.86. The predicted molar refractivity (Wildman–Crippen MR) is 94.1 cm³/mol. The third kappa shape index (κ3) is 3.79. The first-order valence-corrected chi connectivity index (χ1v) is 9.14. The van der Waals surface area contributed by atoms with Crippen LogP contribution in [0.3, 0.4) is 0 Å². The van der Waals surface area contributed by atoms with Gasteiger partial charge in [-0.05, 0) is 27.6 Å². The summed E-state index contributed by atoms with van der Waals surface area (Å²) in [5, 5.41) is 11.4. The molecular formula is C17H16BrNO4S. The van der Waals surface area contributed by atoms with Crippen molar-refractivity contribution >= 4 is 39.3 Å². The molecule has 5 nitrogen and oxygen atoms in total. The Bertz CT molecular complexity index is 733. The number of hydrogen-bond donors (Lipinski definition) is 1. The number of likely N-dealkylation sites (tertiary alicyclic amines) is 1. The molecule has 1 aliphatic rings. The number of carboxylic acids is 1. The van der Waals surface area contributed by atoms with Crippen LogP contribution in [0.1, 0.15) is 16.4 Å². The van der Waals surface area contributed by atoms with E-state index in [1.165, 1.54) is 16.2 Å². The van der Waals surface area contributed by atoms with Gasteiger partial charge in [-0.2, -0.15) is 0 Å². The zero-order valence-corrected chi connectivity index (χ0v) is 15.1. The quantitative estimate of drug-likeness (QED) is 0.829. The molecule has 1 aromatic heterocycles. The van der Waals surface area contributed by atoms with Crippen molar-refractivity contribution in [3.05, 3.63) is 56.7 Å². The Morgan fingerprint density at radius 3 is 2.67 bits per heavy atom. The summed E-state index contributed by atoms with van der Waals surface area (Å²) in [5.74, 6) is -1.70. The molecule has 0 saturated carbocycles. The Labute approximate surface area is 152 Å². The second kappa shape index (κ2) is 7.36. The molecule has 3 rings (SSSR count). The van der Waals surface area contributed by atoms with Crippen LogP contribution in [0.2, 0.25) is 0 Å². The van der Waals surface area contributed by atoms with Gasteiger partial charge in [0.15, 0.2) is 0 Å². The number of carbonyl (C=O) groups excluding carboxylic acids is 1. The van der Waals surface area contributed by atoms with Gasteiger partial charge in [0, 0.05) is 33.7 Å². The van der Waals surface area contributed by atoms with E-state index in [0.29, 0.717) is 6.54 Å². The first-order valence-electron chi connectivity index (χ1n) is 7.47. The van der Waals surface area contributed by atoms with Crippen molar-refractivity contribution in [3.63, 3.8) is 0 Å². The first kappa shape index (κ1) is 17.0. The fourth-order valence-electron chi connectivity index (χ4n) is 2.82. The summed E-state index contributed by atoms with van der Waals surface area (Å²) in [4.78, 5) is 26.3. The van der Waals surface area contributed by atoms with Crippen LogP contribution >= 0.6 is 27.3 Å². The Morgan fingerprint density at radius 1 is 1.29 bits per heavy atom. The molecule has 1 fully saturated rings. The van der Waals surface area contributed by atoms with Crippen molar-refractivity contribution in [2.45, 2.75) is 12.5 Å². The lowest BCUT2D eigenvalue weighted by atomic mass is 9.95. The van der Waals surface area contributed by atoms with Crippen molar-refractivity contribution in [3.8, 4) is 0 Å². The van der Waals surface area contributed by atoms with Gasteiger partial charge in [-0.25, -0.2) is 4.79 Å². The molecule has 1 aliphatic heterocycles. The van der Waals surface area contributed by atoms with E-state index >= 15 is 0 Å². The van der Waals surface area contributed by atoms with E-state index in [-0.39, 0.29) is 19.1 Å². The molecule has 7 heteroatoms. The number of thiophene rings is 1. The molecule has 1 saturated heterocycles. The highest BCUT2D eigenvalue weighted by atomic mass is 79.9. The number of nitrogens with zero attached hydrogens (tertiary/aromatic N) is 1. The number of ether oxygens (including phenoxy) is 1. The fraction of sp³-hybridized carbons (Fsp3) is 0.294. The fourth-order valence-corrected chi connectivity index (χ4v) is 4.43. The summed E-state index contributed by atoms with van der Waals surface area (Å²) in [6.45, 7) is 0.712. The molecule has 24 heavy (non-hydrogen) atoms. The minimum absolute atomic E-state index is 0.170. The van der Waals surface area contributed by atoms with Crippen LogP contribution in [0.4, 0.5) is 4.79 Å². The average molecular weight is 410 g/mol. The lowest BCUT2D eigenvalue weighted by molar-refractivity contribution is -0.141. The van der Waals surface area contributed by atoms with E-state index in [2.05, 4.69) is 15.9 Å². The second-order valence-corrected chi connectivity index (χ2v) is 7.52. The highest BCUT2D eigenvalue weighted by Crippen LogP contribution is 2.37. The molecule has 2 unspecified atom stereocenters. The Kier molecular flexibility index (Phi) is 5.20. The van der Waals surface area contributed by atoms with Gasteiger partial charge in [-0.15, -0.1) is 11.3 Å². The van der Waals surface area contributed by atoms with E-state index in [9.17, 15) is 14.7 Å². The molecule has 1 aromatic carbocycles. The monoisotopic (exact) mass is 409 g/mol. The van der Waals surface area contributed by atoms with Crippen molar-refractivity contribution in [1.82, 2.24) is 4.90 Å². The van der Waals surface area contributed by atoms with Crippen molar-refractivity contribution in [1.29, 1.82) is 0 Å².